The molecule has 0 saturated carbocycles. The fraction of sp³-hybridized carbons (Fsp3) is 0.333. The normalized spacial score (nSPS) is 13.0. The minimum Gasteiger partial charge on any atom is -0.454 e. The van der Waals surface area contributed by atoms with E-state index in [9.17, 15) is 0 Å². The predicted molar refractivity (Wildman–Crippen MR) is 104 cm³/mol. The first kappa shape index (κ1) is 16.9. The molecule has 0 amide bonds. The van der Waals surface area contributed by atoms with Crippen LogP contribution in [0.1, 0.15) is 16.8 Å². The lowest BCUT2D eigenvalue weighted by Crippen LogP contribution is -2.31. The van der Waals surface area contributed by atoms with Crippen LogP contribution in [-0.4, -0.2) is 36.3 Å². The summed E-state index contributed by atoms with van der Waals surface area (Å²) in [6.07, 6.45) is 1.00. The van der Waals surface area contributed by atoms with Crippen molar-refractivity contribution in [1.29, 1.82) is 0 Å². The molecule has 0 saturated heterocycles. The molecule has 26 heavy (non-hydrogen) atoms. The third-order valence-electron chi connectivity index (χ3n) is 4.99. The van der Waals surface area contributed by atoms with Crippen molar-refractivity contribution in [1.82, 2.24) is 9.88 Å². The Hall–Kier alpha value is -2.50. The van der Waals surface area contributed by atoms with Crippen molar-refractivity contribution in [2.24, 2.45) is 5.73 Å². The number of H-pyrrole nitrogens is 1. The molecule has 1 aliphatic rings. The molecule has 1 aliphatic heterocycles. The Balaban J connectivity index is 1.47. The average Bonchev–Trinajstić information content (AvgIpc) is 3.23. The highest BCUT2D eigenvalue weighted by molar-refractivity contribution is 5.84. The highest BCUT2D eigenvalue weighted by Crippen LogP contribution is 2.32. The van der Waals surface area contributed by atoms with Crippen molar-refractivity contribution < 1.29 is 9.47 Å². The number of nitrogens with zero attached hydrogens (tertiary/aromatic N) is 1. The molecule has 0 spiro atoms. The van der Waals surface area contributed by atoms with E-state index in [1.165, 1.54) is 27.7 Å². The van der Waals surface area contributed by atoms with E-state index in [1.54, 1.807) is 0 Å². The van der Waals surface area contributed by atoms with Gasteiger partial charge in [-0.05, 0) is 42.7 Å². The molecule has 5 heteroatoms. The van der Waals surface area contributed by atoms with Crippen LogP contribution in [0.25, 0.3) is 10.9 Å². The van der Waals surface area contributed by atoms with Crippen LogP contribution in [0.3, 0.4) is 0 Å². The molecule has 5 nitrogen and oxygen atoms in total. The zero-order valence-electron chi connectivity index (χ0n) is 15.1. The number of aromatic nitrogens is 1. The van der Waals surface area contributed by atoms with Crippen LogP contribution in [-0.2, 0) is 13.0 Å². The van der Waals surface area contributed by atoms with Gasteiger partial charge in [0, 0.05) is 42.8 Å². The summed E-state index contributed by atoms with van der Waals surface area (Å²) in [6, 6.07) is 14.7. The smallest absolute Gasteiger partial charge is 0.231 e. The molecule has 136 valence electrons. The van der Waals surface area contributed by atoms with Gasteiger partial charge in [0.2, 0.25) is 6.79 Å². The SMILES string of the molecule is Cc1[nH]c2ccccc2c1CCN(CCN)Cc1ccc2c(c1)OCO2. The number of aryl methyl sites for hydroxylation is 1. The van der Waals surface area contributed by atoms with Crippen LogP contribution in [0, 0.1) is 6.92 Å². The molecule has 0 atom stereocenters. The van der Waals surface area contributed by atoms with Crippen molar-refractivity contribution in [3.63, 3.8) is 0 Å². The van der Waals surface area contributed by atoms with Gasteiger partial charge in [0.1, 0.15) is 0 Å². The molecule has 0 aliphatic carbocycles. The molecule has 2 aromatic carbocycles. The van der Waals surface area contributed by atoms with Gasteiger partial charge >= 0.3 is 0 Å². The maximum Gasteiger partial charge on any atom is 0.231 e. The van der Waals surface area contributed by atoms with Crippen molar-refractivity contribution in [2.45, 2.75) is 19.9 Å². The number of hydrogen-bond acceptors (Lipinski definition) is 4. The lowest BCUT2D eigenvalue weighted by atomic mass is 10.1. The number of ether oxygens (including phenoxy) is 2. The summed E-state index contributed by atoms with van der Waals surface area (Å²) in [5.41, 5.74) is 10.9. The van der Waals surface area contributed by atoms with E-state index in [0.29, 0.717) is 13.3 Å². The maximum atomic E-state index is 5.85. The van der Waals surface area contributed by atoms with Crippen molar-refractivity contribution in [3.05, 3.63) is 59.3 Å². The third-order valence-corrected chi connectivity index (χ3v) is 4.99. The number of aromatic amines is 1. The number of nitrogens with one attached hydrogen (secondary N) is 1. The number of para-hydroxylation sites is 1. The predicted octanol–water partition coefficient (Wildman–Crippen LogP) is 3.21. The van der Waals surface area contributed by atoms with Crippen molar-refractivity contribution >= 4 is 10.9 Å². The molecular weight excluding hydrogens is 326 g/mol. The van der Waals surface area contributed by atoms with Crippen LogP contribution >= 0.6 is 0 Å². The van der Waals surface area contributed by atoms with Crippen LogP contribution in [0.2, 0.25) is 0 Å². The molecule has 2 heterocycles. The monoisotopic (exact) mass is 351 g/mol. The van der Waals surface area contributed by atoms with Crippen molar-refractivity contribution in [3.8, 4) is 11.5 Å². The molecule has 3 aromatic rings. The first-order valence-corrected chi connectivity index (χ1v) is 9.12. The Morgan fingerprint density at radius 3 is 2.81 bits per heavy atom. The number of benzene rings is 2. The van der Waals surface area contributed by atoms with Gasteiger partial charge < -0.3 is 20.2 Å². The van der Waals surface area contributed by atoms with Gasteiger partial charge in [0.05, 0.1) is 0 Å². The van der Waals surface area contributed by atoms with Gasteiger partial charge in [-0.2, -0.15) is 0 Å². The molecule has 1 aromatic heterocycles. The summed E-state index contributed by atoms with van der Waals surface area (Å²) >= 11 is 0. The standard InChI is InChI=1S/C21H25N3O2/c1-15-17(18-4-2-3-5-19(18)23-15)8-10-24(11-9-22)13-16-6-7-20-21(12-16)26-14-25-20/h2-7,12,23H,8-11,13-14,22H2,1H3. The first-order valence-electron chi connectivity index (χ1n) is 9.12. The summed E-state index contributed by atoms with van der Waals surface area (Å²) < 4.78 is 10.9. The number of fused-ring (bicyclic) bond motifs is 2. The van der Waals surface area contributed by atoms with E-state index in [1.807, 2.05) is 6.07 Å². The molecular formula is C21H25N3O2. The van der Waals surface area contributed by atoms with Crippen LogP contribution in [0.5, 0.6) is 11.5 Å². The van der Waals surface area contributed by atoms with Crippen LogP contribution in [0.4, 0.5) is 0 Å². The molecule has 0 radical (unpaired) electrons. The topological polar surface area (TPSA) is 63.5 Å². The lowest BCUT2D eigenvalue weighted by Gasteiger charge is -2.22. The maximum absolute atomic E-state index is 5.85. The second-order valence-corrected chi connectivity index (χ2v) is 6.78. The van der Waals surface area contributed by atoms with Crippen LogP contribution < -0.4 is 15.2 Å². The second kappa shape index (κ2) is 7.40. The quantitative estimate of drug-likeness (QED) is 0.686. The first-order chi connectivity index (χ1) is 12.7. The summed E-state index contributed by atoms with van der Waals surface area (Å²) in [6.45, 7) is 5.81. The number of nitrogens with two attached hydrogens (primary N) is 1. The van der Waals surface area contributed by atoms with Crippen LogP contribution in [0.15, 0.2) is 42.5 Å². The largest absolute Gasteiger partial charge is 0.454 e. The highest BCUT2D eigenvalue weighted by atomic mass is 16.7. The molecule has 0 fully saturated rings. The van der Waals surface area contributed by atoms with E-state index in [-0.39, 0.29) is 0 Å². The van der Waals surface area contributed by atoms with E-state index >= 15 is 0 Å². The highest BCUT2D eigenvalue weighted by Gasteiger charge is 2.15. The molecule has 4 rings (SSSR count). The Morgan fingerprint density at radius 2 is 1.92 bits per heavy atom. The average molecular weight is 351 g/mol. The Morgan fingerprint density at radius 1 is 1.08 bits per heavy atom. The molecule has 3 N–H and O–H groups in total. The summed E-state index contributed by atoms with van der Waals surface area (Å²) in [5.74, 6) is 1.66. The zero-order valence-corrected chi connectivity index (χ0v) is 15.1. The van der Waals surface area contributed by atoms with Gasteiger partial charge in [0.25, 0.3) is 0 Å². The van der Waals surface area contributed by atoms with E-state index in [0.717, 1.165) is 37.6 Å². The van der Waals surface area contributed by atoms with Gasteiger partial charge in [-0.15, -0.1) is 0 Å². The molecule has 0 unspecified atom stereocenters. The lowest BCUT2D eigenvalue weighted by molar-refractivity contribution is 0.174. The van der Waals surface area contributed by atoms with Crippen molar-refractivity contribution in [2.75, 3.05) is 26.4 Å². The van der Waals surface area contributed by atoms with Gasteiger partial charge in [-0.25, -0.2) is 0 Å². The minimum atomic E-state index is 0.311. The van der Waals surface area contributed by atoms with E-state index in [2.05, 4.69) is 53.2 Å². The summed E-state index contributed by atoms with van der Waals surface area (Å²) in [4.78, 5) is 5.89. The third kappa shape index (κ3) is 3.41. The van der Waals surface area contributed by atoms with Gasteiger partial charge in [0.15, 0.2) is 11.5 Å². The molecule has 0 bridgehead atoms. The fourth-order valence-corrected chi connectivity index (χ4v) is 3.68. The number of hydrogen-bond donors (Lipinski definition) is 2. The Bertz CT molecular complexity index is 903. The Labute approximate surface area is 153 Å². The number of rotatable bonds is 7. The fourth-order valence-electron chi connectivity index (χ4n) is 3.68. The van der Waals surface area contributed by atoms with Gasteiger partial charge in [-0.1, -0.05) is 24.3 Å². The van der Waals surface area contributed by atoms with E-state index < -0.39 is 0 Å². The minimum absolute atomic E-state index is 0.311. The van der Waals surface area contributed by atoms with E-state index in [4.69, 9.17) is 15.2 Å². The zero-order chi connectivity index (χ0) is 17.9. The van der Waals surface area contributed by atoms with Gasteiger partial charge in [-0.3, -0.25) is 4.90 Å². The Kier molecular flexibility index (Phi) is 4.82. The summed E-state index contributed by atoms with van der Waals surface area (Å²) in [7, 11) is 0. The second-order valence-electron chi connectivity index (χ2n) is 6.78. The summed E-state index contributed by atoms with van der Waals surface area (Å²) in [5, 5.41) is 1.32.